The van der Waals surface area contributed by atoms with Gasteiger partial charge in [-0.3, -0.25) is 9.59 Å². The normalized spacial score (nSPS) is 28.2. The molecule has 0 unspecified atom stereocenters. The number of nitrogens with zero attached hydrogens (tertiary/aromatic N) is 2. The first-order valence-corrected chi connectivity index (χ1v) is 9.28. The number of hydrogen-bond acceptors (Lipinski definition) is 4. The summed E-state index contributed by atoms with van der Waals surface area (Å²) in [4.78, 5) is 28.2. The Morgan fingerprint density at radius 1 is 1.19 bits per heavy atom. The van der Waals surface area contributed by atoms with E-state index in [1.807, 2.05) is 32.0 Å². The molecule has 1 aromatic rings. The van der Waals surface area contributed by atoms with Crippen LogP contribution in [-0.4, -0.2) is 66.1 Å². The summed E-state index contributed by atoms with van der Waals surface area (Å²) in [7, 11) is 4.01. The topological polar surface area (TPSA) is 72.9 Å². The molecule has 0 aromatic heterocycles. The average Bonchev–Trinajstić information content (AvgIpc) is 2.95. The average molecular weight is 359 g/mol. The van der Waals surface area contributed by atoms with Gasteiger partial charge < -0.3 is 20.2 Å². The van der Waals surface area contributed by atoms with E-state index in [0.29, 0.717) is 29.6 Å². The molecule has 4 atom stereocenters. The number of likely N-dealkylation sites (N-methyl/N-ethyl adjacent to an activating group) is 1. The number of carbonyl (C=O) groups is 2. The molecule has 1 aliphatic carbocycles. The van der Waals surface area contributed by atoms with Gasteiger partial charge in [0, 0.05) is 37.3 Å². The lowest BCUT2D eigenvalue weighted by atomic mass is 9.77. The summed E-state index contributed by atoms with van der Waals surface area (Å²) in [5.41, 5.74) is 2.25. The number of fused-ring (bicyclic) bond motifs is 1. The molecule has 6 heteroatoms. The molecule has 2 amide bonds. The fraction of sp³-hybridized carbons (Fsp3) is 0.600. The van der Waals surface area contributed by atoms with Crippen molar-refractivity contribution in [1.82, 2.24) is 9.80 Å². The molecular weight excluding hydrogens is 330 g/mol. The molecule has 26 heavy (non-hydrogen) atoms. The van der Waals surface area contributed by atoms with Crippen LogP contribution >= 0.6 is 0 Å². The van der Waals surface area contributed by atoms with Gasteiger partial charge in [-0.2, -0.15) is 0 Å². The van der Waals surface area contributed by atoms with Crippen LogP contribution < -0.4 is 5.32 Å². The summed E-state index contributed by atoms with van der Waals surface area (Å²) < 4.78 is 0. The quantitative estimate of drug-likeness (QED) is 0.862. The monoisotopic (exact) mass is 359 g/mol. The molecule has 1 saturated carbocycles. The van der Waals surface area contributed by atoms with Crippen molar-refractivity contribution in [3.05, 3.63) is 29.3 Å². The van der Waals surface area contributed by atoms with Gasteiger partial charge in [0.05, 0.1) is 6.10 Å². The third kappa shape index (κ3) is 3.76. The first-order chi connectivity index (χ1) is 12.3. The minimum atomic E-state index is -0.319. The number of amides is 2. The molecule has 2 N–H and O–H groups in total. The van der Waals surface area contributed by atoms with E-state index < -0.39 is 0 Å². The van der Waals surface area contributed by atoms with Crippen molar-refractivity contribution in [3.63, 3.8) is 0 Å². The van der Waals surface area contributed by atoms with Crippen LogP contribution in [-0.2, 0) is 4.79 Å². The van der Waals surface area contributed by atoms with Gasteiger partial charge in [-0.25, -0.2) is 0 Å². The molecule has 2 fully saturated rings. The summed E-state index contributed by atoms with van der Waals surface area (Å²) in [5.74, 6) is 0.751. The van der Waals surface area contributed by atoms with E-state index in [2.05, 4.69) is 10.2 Å². The van der Waals surface area contributed by atoms with Crippen LogP contribution in [0.4, 0.5) is 5.69 Å². The van der Waals surface area contributed by atoms with E-state index in [1.54, 1.807) is 12.1 Å². The van der Waals surface area contributed by atoms with Crippen molar-refractivity contribution in [2.24, 2.45) is 11.8 Å². The molecule has 1 heterocycles. The largest absolute Gasteiger partial charge is 0.391 e. The fourth-order valence-corrected chi connectivity index (χ4v) is 4.48. The number of benzene rings is 1. The highest BCUT2D eigenvalue weighted by molar-refractivity contribution is 5.97. The Kier molecular flexibility index (Phi) is 5.34. The summed E-state index contributed by atoms with van der Waals surface area (Å²) in [6, 6.07) is 5.58. The van der Waals surface area contributed by atoms with Crippen molar-refractivity contribution in [1.29, 1.82) is 0 Å². The Hall–Kier alpha value is -1.92. The first kappa shape index (κ1) is 18.9. The molecule has 0 radical (unpaired) electrons. The van der Waals surface area contributed by atoms with Crippen LogP contribution in [0.2, 0.25) is 0 Å². The lowest BCUT2D eigenvalue weighted by Crippen LogP contribution is -2.46. The Morgan fingerprint density at radius 3 is 2.42 bits per heavy atom. The second-order valence-corrected chi connectivity index (χ2v) is 8.01. The van der Waals surface area contributed by atoms with E-state index in [0.717, 1.165) is 24.9 Å². The van der Waals surface area contributed by atoms with Crippen molar-refractivity contribution in [2.45, 2.75) is 38.8 Å². The van der Waals surface area contributed by atoms with Gasteiger partial charge >= 0.3 is 0 Å². The Morgan fingerprint density at radius 2 is 1.85 bits per heavy atom. The molecule has 6 nitrogen and oxygen atoms in total. The van der Waals surface area contributed by atoms with Gasteiger partial charge in [0.25, 0.3) is 5.91 Å². The third-order valence-corrected chi connectivity index (χ3v) is 5.84. The molecule has 3 rings (SSSR count). The second-order valence-electron chi connectivity index (χ2n) is 8.01. The molecule has 0 spiro atoms. The molecule has 1 aliphatic heterocycles. The Labute approximate surface area is 155 Å². The van der Waals surface area contributed by atoms with Crippen LogP contribution in [0, 0.1) is 18.8 Å². The molecule has 1 saturated heterocycles. The standard InChI is InChI=1S/C20H29N3O3/c1-12-7-16(21-13(2)24)5-6-17(12)20(26)23-10-14-8-18(22(3)4)19(25)9-15(14)11-23/h5-7,14-15,18-19,25H,8-11H2,1-4H3,(H,21,24)/t14-,15+,18-,19-/m1/s1. The molecule has 0 bridgehead atoms. The van der Waals surface area contributed by atoms with E-state index in [-0.39, 0.29) is 24.0 Å². The number of carbonyl (C=O) groups excluding carboxylic acids is 2. The molecular formula is C20H29N3O3. The van der Waals surface area contributed by atoms with E-state index in [4.69, 9.17) is 0 Å². The Balaban J connectivity index is 1.71. The number of rotatable bonds is 3. The number of aliphatic hydroxyl groups excluding tert-OH is 1. The van der Waals surface area contributed by atoms with Crippen LogP contribution in [0.3, 0.4) is 0 Å². The molecule has 2 aliphatic rings. The zero-order valence-corrected chi connectivity index (χ0v) is 16.0. The number of likely N-dealkylation sites (tertiary alicyclic amines) is 1. The zero-order chi connectivity index (χ0) is 19.0. The minimum absolute atomic E-state index is 0.0437. The maximum Gasteiger partial charge on any atom is 0.254 e. The van der Waals surface area contributed by atoms with Gasteiger partial charge in [-0.15, -0.1) is 0 Å². The SMILES string of the molecule is CC(=O)Nc1ccc(C(=O)N2C[C@H]3C[C@@H](N(C)C)[C@H](O)C[C@H]3C2)c(C)c1. The smallest absolute Gasteiger partial charge is 0.254 e. The summed E-state index contributed by atoms with van der Waals surface area (Å²) in [5, 5.41) is 13.1. The van der Waals surface area contributed by atoms with Gasteiger partial charge in [-0.1, -0.05) is 0 Å². The predicted molar refractivity (Wildman–Crippen MR) is 101 cm³/mol. The van der Waals surface area contributed by atoms with Gasteiger partial charge in [0.1, 0.15) is 0 Å². The summed E-state index contributed by atoms with van der Waals surface area (Å²) in [6.07, 6.45) is 1.38. The Bertz CT molecular complexity index is 704. The zero-order valence-electron chi connectivity index (χ0n) is 16.0. The van der Waals surface area contributed by atoms with Crippen LogP contribution in [0.1, 0.15) is 35.7 Å². The summed E-state index contributed by atoms with van der Waals surface area (Å²) in [6.45, 7) is 4.84. The van der Waals surface area contributed by atoms with E-state index >= 15 is 0 Å². The van der Waals surface area contributed by atoms with Gasteiger partial charge in [0.2, 0.25) is 5.91 Å². The van der Waals surface area contributed by atoms with Crippen molar-refractivity contribution < 1.29 is 14.7 Å². The van der Waals surface area contributed by atoms with Crippen LogP contribution in [0.5, 0.6) is 0 Å². The number of aryl methyl sites for hydroxylation is 1. The minimum Gasteiger partial charge on any atom is -0.391 e. The number of nitrogens with one attached hydrogen (secondary N) is 1. The fourth-order valence-electron chi connectivity index (χ4n) is 4.48. The molecule has 142 valence electrons. The van der Waals surface area contributed by atoms with Crippen molar-refractivity contribution in [3.8, 4) is 0 Å². The summed E-state index contributed by atoms with van der Waals surface area (Å²) >= 11 is 0. The number of aliphatic hydroxyl groups is 1. The highest BCUT2D eigenvalue weighted by Crippen LogP contribution is 2.38. The number of hydrogen-bond donors (Lipinski definition) is 2. The van der Waals surface area contributed by atoms with Crippen LogP contribution in [0.25, 0.3) is 0 Å². The first-order valence-electron chi connectivity index (χ1n) is 9.28. The highest BCUT2D eigenvalue weighted by atomic mass is 16.3. The second kappa shape index (κ2) is 7.37. The predicted octanol–water partition coefficient (Wildman–Crippen LogP) is 1.73. The molecule has 1 aromatic carbocycles. The number of anilines is 1. The van der Waals surface area contributed by atoms with Crippen molar-refractivity contribution >= 4 is 17.5 Å². The van der Waals surface area contributed by atoms with E-state index in [9.17, 15) is 14.7 Å². The highest BCUT2D eigenvalue weighted by Gasteiger charge is 2.43. The third-order valence-electron chi connectivity index (χ3n) is 5.84. The van der Waals surface area contributed by atoms with E-state index in [1.165, 1.54) is 6.92 Å². The van der Waals surface area contributed by atoms with Crippen LogP contribution in [0.15, 0.2) is 18.2 Å². The lowest BCUT2D eigenvalue weighted by Gasteiger charge is -2.38. The van der Waals surface area contributed by atoms with Crippen molar-refractivity contribution in [2.75, 3.05) is 32.5 Å². The van der Waals surface area contributed by atoms with Gasteiger partial charge in [0.15, 0.2) is 0 Å². The van der Waals surface area contributed by atoms with Gasteiger partial charge in [-0.05, 0) is 69.5 Å². The maximum absolute atomic E-state index is 13.0. The maximum atomic E-state index is 13.0. The lowest BCUT2D eigenvalue weighted by molar-refractivity contribution is -0.114.